The summed E-state index contributed by atoms with van der Waals surface area (Å²) in [5.74, 6) is 0.970. The monoisotopic (exact) mass is 414 g/mol. The molecule has 1 aromatic heterocycles. The number of benzene rings is 2. The quantitative estimate of drug-likeness (QED) is 0.608. The van der Waals surface area contributed by atoms with Crippen LogP contribution in [0.4, 0.5) is 10.8 Å². The minimum absolute atomic E-state index is 0.240. The van der Waals surface area contributed by atoms with Gasteiger partial charge in [-0.1, -0.05) is 36.0 Å². The average molecular weight is 415 g/mol. The van der Waals surface area contributed by atoms with Crippen molar-refractivity contribution in [1.29, 1.82) is 0 Å². The number of aromatic nitrogens is 1. The summed E-state index contributed by atoms with van der Waals surface area (Å²) in [6.45, 7) is 4.37. The summed E-state index contributed by atoms with van der Waals surface area (Å²) in [7, 11) is -1.75. The standard InChI is InChI=1S/C21H22N2O3S2/c1-5-15-12(2)10-13-6-9-18-20(19(13)15)23-21(27-18)22-16-11-14(28(4,24)25)7-8-17(16)26-3/h6-11,15H,5H2,1-4H3,(H,22,23). The van der Waals surface area contributed by atoms with E-state index in [-0.39, 0.29) is 4.90 Å². The molecule has 1 aliphatic rings. The van der Waals surface area contributed by atoms with E-state index in [4.69, 9.17) is 9.72 Å². The SMILES string of the molecule is CCC1C(C)=Cc2ccc3sc(Nc4cc(S(C)(=O)=O)ccc4OC)nc3c21. The van der Waals surface area contributed by atoms with Crippen molar-refractivity contribution in [1.82, 2.24) is 4.98 Å². The van der Waals surface area contributed by atoms with E-state index in [1.807, 2.05) is 0 Å². The zero-order valence-electron chi connectivity index (χ0n) is 16.2. The number of nitrogens with one attached hydrogen (secondary N) is 1. The minimum Gasteiger partial charge on any atom is -0.495 e. The van der Waals surface area contributed by atoms with Gasteiger partial charge in [0, 0.05) is 12.2 Å². The molecule has 1 N–H and O–H groups in total. The lowest BCUT2D eigenvalue weighted by Crippen LogP contribution is -2.00. The van der Waals surface area contributed by atoms with Gasteiger partial charge >= 0.3 is 0 Å². The fourth-order valence-electron chi connectivity index (χ4n) is 3.81. The first-order valence-corrected chi connectivity index (χ1v) is 11.8. The first-order valence-electron chi connectivity index (χ1n) is 9.08. The van der Waals surface area contributed by atoms with Crippen LogP contribution in [0, 0.1) is 0 Å². The highest BCUT2D eigenvalue weighted by Crippen LogP contribution is 2.44. The van der Waals surface area contributed by atoms with Crippen LogP contribution >= 0.6 is 11.3 Å². The van der Waals surface area contributed by atoms with Gasteiger partial charge in [0.15, 0.2) is 15.0 Å². The van der Waals surface area contributed by atoms with E-state index < -0.39 is 9.84 Å². The number of fused-ring (bicyclic) bond motifs is 3. The second-order valence-corrected chi connectivity index (χ2v) is 10.1. The van der Waals surface area contributed by atoms with Crippen LogP contribution in [0.3, 0.4) is 0 Å². The molecule has 0 radical (unpaired) electrons. The fourth-order valence-corrected chi connectivity index (χ4v) is 5.35. The van der Waals surface area contributed by atoms with Crippen molar-refractivity contribution in [3.05, 3.63) is 47.0 Å². The van der Waals surface area contributed by atoms with Crippen molar-refractivity contribution in [3.8, 4) is 5.75 Å². The zero-order chi connectivity index (χ0) is 20.1. The maximum Gasteiger partial charge on any atom is 0.188 e. The van der Waals surface area contributed by atoms with Crippen LogP contribution in [0.1, 0.15) is 37.3 Å². The molecule has 7 heteroatoms. The van der Waals surface area contributed by atoms with Gasteiger partial charge < -0.3 is 10.1 Å². The molecule has 1 unspecified atom stereocenters. The number of hydrogen-bond donors (Lipinski definition) is 1. The molecule has 0 saturated carbocycles. The highest BCUT2D eigenvalue weighted by Gasteiger charge is 2.25. The Morgan fingerprint density at radius 3 is 2.71 bits per heavy atom. The molecular formula is C21H22N2O3S2. The van der Waals surface area contributed by atoms with Gasteiger partial charge in [0.2, 0.25) is 0 Å². The molecule has 2 aromatic carbocycles. The van der Waals surface area contributed by atoms with Crippen molar-refractivity contribution in [2.24, 2.45) is 0 Å². The summed E-state index contributed by atoms with van der Waals surface area (Å²) in [6.07, 6.45) is 4.48. The number of hydrogen-bond acceptors (Lipinski definition) is 6. The van der Waals surface area contributed by atoms with Gasteiger partial charge in [0.1, 0.15) is 5.75 Å². The summed E-state index contributed by atoms with van der Waals surface area (Å²) in [5.41, 5.74) is 5.50. The van der Waals surface area contributed by atoms with Gasteiger partial charge in [-0.2, -0.15) is 0 Å². The Balaban J connectivity index is 1.78. The number of anilines is 2. The molecule has 0 spiro atoms. The fraction of sp³-hybridized carbons (Fsp3) is 0.286. The summed E-state index contributed by atoms with van der Waals surface area (Å²) < 4.78 is 30.3. The van der Waals surface area contributed by atoms with E-state index in [0.717, 1.165) is 16.6 Å². The molecule has 1 atom stereocenters. The van der Waals surface area contributed by atoms with Gasteiger partial charge in [0.05, 0.1) is 27.9 Å². The predicted molar refractivity (Wildman–Crippen MR) is 116 cm³/mol. The molecule has 0 saturated heterocycles. The predicted octanol–water partition coefficient (Wildman–Crippen LogP) is 5.36. The number of methoxy groups -OCH3 is 1. The second-order valence-electron chi connectivity index (χ2n) is 7.04. The largest absolute Gasteiger partial charge is 0.495 e. The van der Waals surface area contributed by atoms with Crippen LogP contribution in [0.15, 0.2) is 40.8 Å². The maximum atomic E-state index is 11.9. The number of ether oxygens (including phenoxy) is 1. The summed E-state index contributed by atoms with van der Waals surface area (Å²) in [5, 5.41) is 3.98. The van der Waals surface area contributed by atoms with E-state index in [9.17, 15) is 8.42 Å². The van der Waals surface area contributed by atoms with Gasteiger partial charge in [-0.05, 0) is 48.7 Å². The Morgan fingerprint density at radius 1 is 1.25 bits per heavy atom. The van der Waals surface area contributed by atoms with Gasteiger partial charge in [-0.25, -0.2) is 13.4 Å². The third-order valence-electron chi connectivity index (χ3n) is 5.16. The van der Waals surface area contributed by atoms with Gasteiger partial charge in [-0.3, -0.25) is 0 Å². The van der Waals surface area contributed by atoms with E-state index >= 15 is 0 Å². The first-order chi connectivity index (χ1) is 13.3. The molecule has 146 valence electrons. The molecular weight excluding hydrogens is 392 g/mol. The molecule has 0 aliphatic heterocycles. The van der Waals surface area contributed by atoms with E-state index in [1.165, 1.54) is 23.0 Å². The molecule has 5 nitrogen and oxygen atoms in total. The topological polar surface area (TPSA) is 68.3 Å². The molecule has 28 heavy (non-hydrogen) atoms. The number of thiazole rings is 1. The molecule has 0 bridgehead atoms. The van der Waals surface area contributed by atoms with Crippen LogP contribution < -0.4 is 10.1 Å². The van der Waals surface area contributed by atoms with E-state index in [0.29, 0.717) is 22.5 Å². The molecule has 4 rings (SSSR count). The van der Waals surface area contributed by atoms with E-state index in [2.05, 4.69) is 37.4 Å². The van der Waals surface area contributed by atoms with Crippen LogP contribution in [0.2, 0.25) is 0 Å². The van der Waals surface area contributed by atoms with Gasteiger partial charge in [-0.15, -0.1) is 0 Å². The summed E-state index contributed by atoms with van der Waals surface area (Å²) in [6, 6.07) is 9.05. The Kier molecular flexibility index (Phi) is 4.67. The Labute approximate surface area is 169 Å². The molecule has 0 fully saturated rings. The average Bonchev–Trinajstić information content (AvgIpc) is 3.19. The molecule has 1 heterocycles. The van der Waals surface area contributed by atoms with Gasteiger partial charge in [0.25, 0.3) is 0 Å². The lowest BCUT2D eigenvalue weighted by Gasteiger charge is -2.12. The number of nitrogens with zero attached hydrogens (tertiary/aromatic N) is 1. The minimum atomic E-state index is -3.31. The van der Waals surface area contributed by atoms with Crippen molar-refractivity contribution in [2.45, 2.75) is 31.1 Å². The smallest absolute Gasteiger partial charge is 0.188 e. The second kappa shape index (κ2) is 6.90. The van der Waals surface area contributed by atoms with Crippen LogP contribution in [-0.2, 0) is 9.84 Å². The Bertz CT molecular complexity index is 1210. The first kappa shape index (κ1) is 19.0. The molecule has 1 aliphatic carbocycles. The summed E-state index contributed by atoms with van der Waals surface area (Å²) in [4.78, 5) is 5.09. The molecule has 0 amide bonds. The number of rotatable bonds is 5. The summed E-state index contributed by atoms with van der Waals surface area (Å²) >= 11 is 1.55. The lowest BCUT2D eigenvalue weighted by molar-refractivity contribution is 0.416. The van der Waals surface area contributed by atoms with Crippen molar-refractivity contribution in [2.75, 3.05) is 18.7 Å². The normalized spacial score (nSPS) is 16.1. The van der Waals surface area contributed by atoms with Crippen molar-refractivity contribution in [3.63, 3.8) is 0 Å². The Hall–Kier alpha value is -2.38. The van der Waals surface area contributed by atoms with Crippen molar-refractivity contribution < 1.29 is 13.2 Å². The van der Waals surface area contributed by atoms with Crippen LogP contribution in [0.5, 0.6) is 5.75 Å². The number of sulfone groups is 1. The highest BCUT2D eigenvalue weighted by atomic mass is 32.2. The third kappa shape index (κ3) is 3.18. The van der Waals surface area contributed by atoms with Crippen molar-refractivity contribution >= 4 is 48.3 Å². The maximum absolute atomic E-state index is 11.9. The van der Waals surface area contributed by atoms with Crippen LogP contribution in [0.25, 0.3) is 16.3 Å². The number of allylic oxidation sites excluding steroid dienone is 1. The molecule has 3 aromatic rings. The zero-order valence-corrected chi connectivity index (χ0v) is 17.9. The lowest BCUT2D eigenvalue weighted by atomic mass is 9.93. The highest BCUT2D eigenvalue weighted by molar-refractivity contribution is 7.90. The third-order valence-corrected chi connectivity index (χ3v) is 7.21. The van der Waals surface area contributed by atoms with E-state index in [1.54, 1.807) is 36.6 Å². The van der Waals surface area contributed by atoms with Crippen LogP contribution in [-0.4, -0.2) is 26.8 Å². The Morgan fingerprint density at radius 2 is 2.04 bits per heavy atom.